The molecule has 4 aromatic heterocycles. The normalized spacial score (nSPS) is 21.6. The van der Waals surface area contributed by atoms with Gasteiger partial charge in [-0.15, -0.1) is 5.10 Å². The third kappa shape index (κ3) is 3.84. The van der Waals surface area contributed by atoms with Crippen molar-refractivity contribution in [3.8, 4) is 17.0 Å². The molecule has 10 nitrogen and oxygen atoms in total. The van der Waals surface area contributed by atoms with Gasteiger partial charge in [-0.2, -0.15) is 4.98 Å². The van der Waals surface area contributed by atoms with Gasteiger partial charge in [-0.1, -0.05) is 0 Å². The minimum absolute atomic E-state index is 0.180. The van der Waals surface area contributed by atoms with Crippen LogP contribution in [0.1, 0.15) is 18.5 Å². The zero-order valence-electron chi connectivity index (χ0n) is 18.8. The number of likely N-dealkylation sites (tertiary alicyclic amines) is 1. The number of alkyl halides is 3. The van der Waals surface area contributed by atoms with E-state index in [1.165, 1.54) is 11.5 Å². The van der Waals surface area contributed by atoms with Gasteiger partial charge < -0.3 is 14.8 Å². The second-order valence-corrected chi connectivity index (χ2v) is 8.71. The Morgan fingerprint density at radius 1 is 1.23 bits per heavy atom. The number of nitrogens with zero attached hydrogens (tertiary/aromatic N) is 7. The highest BCUT2D eigenvalue weighted by Gasteiger charge is 2.35. The molecular formula is C22H23F3N8O2. The Kier molecular flexibility index (Phi) is 5.44. The second kappa shape index (κ2) is 8.64. The van der Waals surface area contributed by atoms with Gasteiger partial charge in [0.2, 0.25) is 17.6 Å². The van der Waals surface area contributed by atoms with E-state index in [0.717, 1.165) is 12.7 Å². The van der Waals surface area contributed by atoms with E-state index in [0.29, 0.717) is 48.9 Å². The smallest absolute Gasteiger partial charge is 0.280 e. The predicted molar refractivity (Wildman–Crippen MR) is 120 cm³/mol. The van der Waals surface area contributed by atoms with Crippen molar-refractivity contribution in [1.82, 2.24) is 33.9 Å². The maximum atomic E-state index is 14.9. The maximum absolute atomic E-state index is 14.9. The maximum Gasteiger partial charge on any atom is 0.280 e. The van der Waals surface area contributed by atoms with Gasteiger partial charge in [0.15, 0.2) is 0 Å². The molecule has 2 aliphatic rings. The third-order valence-electron chi connectivity index (χ3n) is 6.62. The van der Waals surface area contributed by atoms with Crippen LogP contribution in [0.15, 0.2) is 30.9 Å². The summed E-state index contributed by atoms with van der Waals surface area (Å²) in [5, 5.41) is 7.61. The minimum atomic E-state index is -2.69. The summed E-state index contributed by atoms with van der Waals surface area (Å²) in [5.74, 6) is 0.688. The molecule has 184 valence electrons. The van der Waals surface area contributed by atoms with Crippen LogP contribution in [0.4, 0.5) is 19.1 Å². The number of aromatic nitrogens is 6. The molecule has 0 radical (unpaired) electrons. The van der Waals surface area contributed by atoms with Crippen molar-refractivity contribution >= 4 is 17.2 Å². The minimum Gasteiger partial charge on any atom is -0.479 e. The number of hydrogen-bond donors (Lipinski definition) is 1. The van der Waals surface area contributed by atoms with Crippen LogP contribution in [-0.4, -0.2) is 85.5 Å². The number of rotatable bonds is 6. The molecule has 2 saturated heterocycles. The Morgan fingerprint density at radius 2 is 2.06 bits per heavy atom. The number of nitrogens with one attached hydrogen (secondary N) is 1. The van der Waals surface area contributed by atoms with Gasteiger partial charge in [0, 0.05) is 42.8 Å². The highest BCUT2D eigenvalue weighted by molar-refractivity contribution is 5.84. The lowest BCUT2D eigenvalue weighted by Crippen LogP contribution is -2.57. The number of imidazole rings is 1. The van der Waals surface area contributed by atoms with Crippen molar-refractivity contribution in [3.05, 3.63) is 36.5 Å². The van der Waals surface area contributed by atoms with Crippen LogP contribution in [-0.2, 0) is 4.74 Å². The van der Waals surface area contributed by atoms with Crippen molar-refractivity contribution in [2.24, 2.45) is 0 Å². The third-order valence-corrected chi connectivity index (χ3v) is 6.62. The summed E-state index contributed by atoms with van der Waals surface area (Å²) in [5.41, 5.74) is 1.51. The quantitative estimate of drug-likeness (QED) is 0.443. The van der Waals surface area contributed by atoms with Crippen molar-refractivity contribution in [3.63, 3.8) is 0 Å². The second-order valence-electron chi connectivity index (χ2n) is 8.71. The van der Waals surface area contributed by atoms with E-state index < -0.39 is 18.6 Å². The van der Waals surface area contributed by atoms with Gasteiger partial charge in [-0.3, -0.25) is 9.30 Å². The van der Waals surface area contributed by atoms with E-state index in [9.17, 15) is 13.2 Å². The Balaban J connectivity index is 1.29. The van der Waals surface area contributed by atoms with Crippen molar-refractivity contribution in [2.75, 3.05) is 38.7 Å². The van der Waals surface area contributed by atoms with E-state index in [1.807, 2.05) is 0 Å². The Morgan fingerprint density at radius 3 is 2.77 bits per heavy atom. The molecule has 13 heteroatoms. The van der Waals surface area contributed by atoms with Gasteiger partial charge in [-0.25, -0.2) is 27.7 Å². The SMILES string of the molecule is COc1nc(N[C@H]2CCN(C3COC3)C[C@H]2F)nn2ccc(-c3cnc4ncc(C(F)F)n4c3)c12. The zero-order valence-corrected chi connectivity index (χ0v) is 18.8. The molecule has 0 aromatic carbocycles. The van der Waals surface area contributed by atoms with E-state index in [4.69, 9.17) is 9.47 Å². The Labute approximate surface area is 197 Å². The standard InChI is InChI=1S/C22H23F3N8O2/c1-34-20-18-14(12-6-26-22-27-7-17(19(24)25)32(22)8-12)2-5-33(18)30-21(29-20)28-16-3-4-31(9-15(16)23)13-10-35-11-13/h2,5-8,13,15-16,19H,3-4,9-11H2,1H3,(H,28,30)/t15-,16+/m1/s1. The summed E-state index contributed by atoms with van der Waals surface area (Å²) < 4.78 is 55.2. The van der Waals surface area contributed by atoms with Gasteiger partial charge in [0.1, 0.15) is 17.4 Å². The summed E-state index contributed by atoms with van der Waals surface area (Å²) in [7, 11) is 1.48. The number of ether oxygens (including phenoxy) is 2. The van der Waals surface area contributed by atoms with E-state index in [-0.39, 0.29) is 23.3 Å². The molecule has 0 unspecified atom stereocenters. The molecule has 0 spiro atoms. The number of fused-ring (bicyclic) bond motifs is 2. The fraction of sp³-hybridized carbons (Fsp3) is 0.455. The summed E-state index contributed by atoms with van der Waals surface area (Å²) >= 11 is 0. The number of piperidine rings is 1. The first-order valence-electron chi connectivity index (χ1n) is 11.3. The number of hydrogen-bond acceptors (Lipinski definition) is 8. The number of anilines is 1. The molecule has 2 aliphatic heterocycles. The monoisotopic (exact) mass is 488 g/mol. The summed E-state index contributed by atoms with van der Waals surface area (Å²) in [6.07, 6.45) is 2.76. The summed E-state index contributed by atoms with van der Waals surface area (Å²) in [4.78, 5) is 14.7. The number of methoxy groups -OCH3 is 1. The highest BCUT2D eigenvalue weighted by Crippen LogP contribution is 2.32. The average molecular weight is 488 g/mol. The van der Waals surface area contributed by atoms with E-state index >= 15 is 0 Å². The average Bonchev–Trinajstić information content (AvgIpc) is 3.43. The molecule has 35 heavy (non-hydrogen) atoms. The molecule has 1 N–H and O–H groups in total. The van der Waals surface area contributed by atoms with Gasteiger partial charge in [0.25, 0.3) is 6.43 Å². The van der Waals surface area contributed by atoms with Crippen LogP contribution in [0.2, 0.25) is 0 Å². The van der Waals surface area contributed by atoms with Crippen LogP contribution in [0, 0.1) is 0 Å². The van der Waals surface area contributed by atoms with Crippen molar-refractivity contribution in [2.45, 2.75) is 31.1 Å². The largest absolute Gasteiger partial charge is 0.479 e. The lowest BCUT2D eigenvalue weighted by atomic mass is 10.0. The molecule has 6 heterocycles. The first-order chi connectivity index (χ1) is 17.0. The molecule has 6 rings (SSSR count). The lowest BCUT2D eigenvalue weighted by molar-refractivity contribution is -0.0794. The molecule has 2 atom stereocenters. The van der Waals surface area contributed by atoms with E-state index in [2.05, 4.69) is 30.3 Å². The first kappa shape index (κ1) is 22.0. The van der Waals surface area contributed by atoms with Crippen LogP contribution in [0.3, 0.4) is 0 Å². The predicted octanol–water partition coefficient (Wildman–Crippen LogP) is 2.61. The topological polar surface area (TPSA) is 94.1 Å². The van der Waals surface area contributed by atoms with Crippen LogP contribution in [0.5, 0.6) is 5.88 Å². The first-order valence-corrected chi connectivity index (χ1v) is 11.3. The molecule has 0 bridgehead atoms. The molecule has 0 aliphatic carbocycles. The highest BCUT2D eigenvalue weighted by atomic mass is 19.3. The van der Waals surface area contributed by atoms with Crippen LogP contribution < -0.4 is 10.1 Å². The fourth-order valence-corrected chi connectivity index (χ4v) is 4.64. The molecule has 0 saturated carbocycles. The van der Waals surface area contributed by atoms with Crippen molar-refractivity contribution < 1.29 is 22.6 Å². The van der Waals surface area contributed by atoms with Crippen LogP contribution >= 0.6 is 0 Å². The summed E-state index contributed by atoms with van der Waals surface area (Å²) in [6, 6.07) is 1.65. The molecule has 0 amide bonds. The van der Waals surface area contributed by atoms with Crippen LogP contribution in [0.25, 0.3) is 22.4 Å². The number of halogens is 3. The van der Waals surface area contributed by atoms with Crippen molar-refractivity contribution in [1.29, 1.82) is 0 Å². The summed E-state index contributed by atoms with van der Waals surface area (Å²) in [6.45, 7) is 2.42. The lowest BCUT2D eigenvalue weighted by Gasteiger charge is -2.42. The molecule has 2 fully saturated rings. The zero-order chi connectivity index (χ0) is 24.1. The molecular weight excluding hydrogens is 465 g/mol. The van der Waals surface area contributed by atoms with Gasteiger partial charge >= 0.3 is 0 Å². The Bertz CT molecular complexity index is 1370. The van der Waals surface area contributed by atoms with Gasteiger partial charge in [-0.05, 0) is 12.5 Å². The fourth-order valence-electron chi connectivity index (χ4n) is 4.64. The Hall–Kier alpha value is -3.45. The van der Waals surface area contributed by atoms with Gasteiger partial charge in [0.05, 0.1) is 38.6 Å². The van der Waals surface area contributed by atoms with E-state index in [1.54, 1.807) is 29.2 Å². The molecule has 4 aromatic rings.